The smallest absolute Gasteiger partial charge is 0.355 e. The summed E-state index contributed by atoms with van der Waals surface area (Å²) in [6, 6.07) is 16.9. The van der Waals surface area contributed by atoms with Crippen LogP contribution in [0.2, 0.25) is 0 Å². The van der Waals surface area contributed by atoms with E-state index in [2.05, 4.69) is 5.32 Å². The van der Waals surface area contributed by atoms with Crippen LogP contribution in [-0.4, -0.2) is 69.3 Å². The number of fused-ring (bicyclic) bond motifs is 2. The normalized spacial score (nSPS) is 22.8. The fourth-order valence-corrected chi connectivity index (χ4v) is 6.82. The Hall–Kier alpha value is -5.26. The van der Waals surface area contributed by atoms with E-state index in [9.17, 15) is 9.59 Å². The van der Waals surface area contributed by atoms with Crippen LogP contribution < -0.4 is 29.0 Å². The fourth-order valence-electron chi connectivity index (χ4n) is 6.82. The Bertz CT molecular complexity index is 1720. The van der Waals surface area contributed by atoms with Gasteiger partial charge in [0.05, 0.1) is 27.2 Å². The number of hydrogen-bond acceptors (Lipinski definition) is 10. The number of carbonyl (C=O) groups excluding carboxylic acids is 4. The molecule has 3 aromatic carbocycles. The molecule has 12 nitrogen and oxygen atoms in total. The van der Waals surface area contributed by atoms with Gasteiger partial charge < -0.3 is 38.6 Å². The van der Waals surface area contributed by atoms with Crippen molar-refractivity contribution in [1.82, 2.24) is 10.2 Å². The number of Topliss-reactive ketones (excluding diaryl/α,β-unsaturated/α-hetero) is 1. The predicted molar refractivity (Wildman–Crippen MR) is 171 cm³/mol. The second-order valence-electron chi connectivity index (χ2n) is 12.2. The van der Waals surface area contributed by atoms with Gasteiger partial charge in [-0.3, -0.25) is 14.4 Å². The lowest BCUT2D eigenvalue weighted by molar-refractivity contribution is -0.165. The van der Waals surface area contributed by atoms with Crippen LogP contribution in [0.5, 0.6) is 28.7 Å². The summed E-state index contributed by atoms with van der Waals surface area (Å²) in [5.74, 6) is -4.57. The monoisotopic (exact) mass is 658 g/mol. The molecule has 3 aliphatic heterocycles. The molecule has 3 aromatic rings. The van der Waals surface area contributed by atoms with Crippen molar-refractivity contribution in [3.63, 3.8) is 0 Å². The van der Waals surface area contributed by atoms with E-state index in [-0.39, 0.29) is 53.7 Å². The summed E-state index contributed by atoms with van der Waals surface area (Å²) in [6.45, 7) is 3.68. The average molecular weight is 659 g/mol. The van der Waals surface area contributed by atoms with E-state index in [1.165, 1.54) is 32.3 Å². The molecule has 1 N–H and O–H groups in total. The fraction of sp³-hybridized carbons (Fsp3) is 0.389. The zero-order chi connectivity index (χ0) is 34.2. The number of ether oxygens (including phenoxy) is 6. The highest BCUT2D eigenvalue weighted by Crippen LogP contribution is 2.56. The maximum Gasteiger partial charge on any atom is 0.355 e. The molecule has 0 saturated carbocycles. The number of esters is 1. The number of nitrogens with zero attached hydrogens (tertiary/aromatic N) is 1. The quantitative estimate of drug-likeness (QED) is 0.277. The lowest BCUT2D eigenvalue weighted by Gasteiger charge is -2.41. The third kappa shape index (κ3) is 5.34. The molecule has 1 saturated heterocycles. The van der Waals surface area contributed by atoms with Gasteiger partial charge in [0.1, 0.15) is 29.1 Å². The summed E-state index contributed by atoms with van der Waals surface area (Å²) in [5, 5.41) is 2.97. The summed E-state index contributed by atoms with van der Waals surface area (Å²) in [7, 11) is 4.11. The highest BCUT2D eigenvalue weighted by molar-refractivity contribution is 6.15. The zero-order valence-electron chi connectivity index (χ0n) is 27.4. The largest absolute Gasteiger partial charge is 0.497 e. The number of benzene rings is 3. The van der Waals surface area contributed by atoms with E-state index in [4.69, 9.17) is 28.4 Å². The molecule has 3 heterocycles. The van der Waals surface area contributed by atoms with Gasteiger partial charge in [0.25, 0.3) is 0 Å². The van der Waals surface area contributed by atoms with Crippen molar-refractivity contribution in [3.8, 4) is 28.7 Å². The van der Waals surface area contributed by atoms with Crippen LogP contribution in [0.1, 0.15) is 54.1 Å². The van der Waals surface area contributed by atoms with E-state index in [0.29, 0.717) is 29.7 Å². The van der Waals surface area contributed by atoms with E-state index in [1.807, 2.05) is 0 Å². The number of likely N-dealkylation sites (tertiary alicyclic amines) is 1. The van der Waals surface area contributed by atoms with Gasteiger partial charge in [-0.15, -0.1) is 0 Å². The Morgan fingerprint density at radius 2 is 1.69 bits per heavy atom. The molecule has 2 amide bonds. The molecule has 6 rings (SSSR count). The van der Waals surface area contributed by atoms with Crippen LogP contribution >= 0.6 is 0 Å². The number of amides is 2. The third-order valence-corrected chi connectivity index (χ3v) is 9.16. The number of carbonyl (C=O) groups is 4. The summed E-state index contributed by atoms with van der Waals surface area (Å²) >= 11 is 0. The Balaban J connectivity index is 1.66. The SMILES string of the molecule is COC(=O)[C@@]1(c2ccc(OC)cc2)Oc2cc3c(c(OC)c2C(=O)[C@@H](C(=O)N2CCC[C@@H]2NC(=O)C(C)C)[C@@H]1c1ccccc1)OCO3. The lowest BCUT2D eigenvalue weighted by atomic mass is 9.68. The molecule has 0 aliphatic carbocycles. The van der Waals surface area contributed by atoms with Crippen molar-refractivity contribution in [3.05, 3.63) is 77.4 Å². The first-order chi connectivity index (χ1) is 23.2. The standard InChI is InChI=1S/C36H38N2O10/c1-20(2)33(40)37-26-12-9-17-38(26)34(41)28-29(21-10-7-6-8-11-21)36(35(42)45-5,22-13-15-23(43-3)16-14-22)48-24-18-25-31(47-19-46-25)32(44-4)27(24)30(28)39/h6-8,10-11,13-16,18,20,26,28-29H,9,12,17,19H2,1-5H3,(H,37,40)/t26-,28+,29+,36+/m1/s1. The van der Waals surface area contributed by atoms with Crippen LogP contribution in [0.25, 0.3) is 0 Å². The minimum Gasteiger partial charge on any atom is -0.497 e. The molecule has 4 atom stereocenters. The summed E-state index contributed by atoms with van der Waals surface area (Å²) in [4.78, 5) is 59.2. The maximum atomic E-state index is 15.2. The van der Waals surface area contributed by atoms with Crippen molar-refractivity contribution >= 4 is 23.6 Å². The number of nitrogens with one attached hydrogen (secondary N) is 1. The maximum absolute atomic E-state index is 15.2. The van der Waals surface area contributed by atoms with Crippen LogP contribution in [-0.2, 0) is 24.7 Å². The minimum absolute atomic E-state index is 0.0103. The highest BCUT2D eigenvalue weighted by Gasteiger charge is 2.62. The minimum atomic E-state index is -2.10. The molecular formula is C36H38N2O10. The van der Waals surface area contributed by atoms with Crippen molar-refractivity contribution < 1.29 is 47.6 Å². The molecule has 0 unspecified atom stereocenters. The first-order valence-electron chi connectivity index (χ1n) is 15.8. The van der Waals surface area contributed by atoms with Gasteiger partial charge in [-0.1, -0.05) is 56.3 Å². The Kier molecular flexibility index (Phi) is 8.91. The summed E-state index contributed by atoms with van der Waals surface area (Å²) < 4.78 is 34.8. The van der Waals surface area contributed by atoms with Crippen molar-refractivity contribution in [2.45, 2.75) is 44.4 Å². The predicted octanol–water partition coefficient (Wildman–Crippen LogP) is 4.20. The molecule has 0 bridgehead atoms. The van der Waals surface area contributed by atoms with Gasteiger partial charge in [0.2, 0.25) is 30.0 Å². The molecule has 48 heavy (non-hydrogen) atoms. The average Bonchev–Trinajstić information content (AvgIpc) is 3.76. The Labute approximate surface area is 278 Å². The third-order valence-electron chi connectivity index (χ3n) is 9.16. The van der Waals surface area contributed by atoms with Gasteiger partial charge in [-0.2, -0.15) is 0 Å². The number of methoxy groups -OCH3 is 3. The molecule has 1 fully saturated rings. The number of ketones is 1. The topological polar surface area (TPSA) is 139 Å². The van der Waals surface area contributed by atoms with Gasteiger partial charge in [-0.05, 0) is 30.5 Å². The first kappa shape index (κ1) is 32.7. The van der Waals surface area contributed by atoms with Gasteiger partial charge in [0.15, 0.2) is 17.3 Å². The zero-order valence-corrected chi connectivity index (χ0v) is 27.4. The van der Waals surface area contributed by atoms with E-state index in [1.54, 1.807) is 68.4 Å². The molecular weight excluding hydrogens is 620 g/mol. The highest BCUT2D eigenvalue weighted by atomic mass is 16.7. The second kappa shape index (κ2) is 13.1. The molecule has 252 valence electrons. The molecule has 0 radical (unpaired) electrons. The van der Waals surface area contributed by atoms with Gasteiger partial charge >= 0.3 is 5.97 Å². The van der Waals surface area contributed by atoms with E-state index >= 15 is 9.59 Å². The van der Waals surface area contributed by atoms with Crippen molar-refractivity contribution in [2.75, 3.05) is 34.7 Å². The Morgan fingerprint density at radius 1 is 0.958 bits per heavy atom. The van der Waals surface area contributed by atoms with Crippen LogP contribution in [0.15, 0.2) is 60.7 Å². The lowest BCUT2D eigenvalue weighted by Crippen LogP contribution is -2.56. The van der Waals surface area contributed by atoms with Crippen LogP contribution in [0.4, 0.5) is 0 Å². The van der Waals surface area contributed by atoms with Crippen LogP contribution in [0.3, 0.4) is 0 Å². The van der Waals surface area contributed by atoms with Crippen molar-refractivity contribution in [1.29, 1.82) is 0 Å². The van der Waals surface area contributed by atoms with Gasteiger partial charge in [-0.25, -0.2) is 4.79 Å². The van der Waals surface area contributed by atoms with E-state index < -0.39 is 41.3 Å². The number of hydrogen-bond donors (Lipinski definition) is 1. The molecule has 3 aliphatic rings. The van der Waals surface area contributed by atoms with Gasteiger partial charge in [0, 0.05) is 24.1 Å². The van der Waals surface area contributed by atoms with E-state index in [0.717, 1.165) is 0 Å². The number of rotatable bonds is 8. The summed E-state index contributed by atoms with van der Waals surface area (Å²) in [5.41, 5.74) is -1.40. The van der Waals surface area contributed by atoms with Crippen LogP contribution in [0, 0.1) is 11.8 Å². The molecule has 12 heteroatoms. The van der Waals surface area contributed by atoms with Crippen molar-refractivity contribution in [2.24, 2.45) is 11.8 Å². The summed E-state index contributed by atoms with van der Waals surface area (Å²) in [6.07, 6.45) is 0.436. The second-order valence-corrected chi connectivity index (χ2v) is 12.2. The molecule has 0 spiro atoms. The Morgan fingerprint density at radius 3 is 2.33 bits per heavy atom. The molecule has 0 aromatic heterocycles. The first-order valence-corrected chi connectivity index (χ1v) is 15.8.